The number of nitrogens with one attached hydrogen (secondary N) is 1. The monoisotopic (exact) mass is 300 g/mol. The first-order chi connectivity index (χ1) is 10.5. The van der Waals surface area contributed by atoms with Gasteiger partial charge in [0.1, 0.15) is 11.6 Å². The standard InChI is InChI=1S/C18H21FN2O/c1-4-7-20-17-10-14(15(19)9-13(17)3)11-21-16-6-5-12(2)8-18(16)22/h4,6-10,12,21-22H,3,5,11H2,1-2H3/b7-4-,20-17?. The lowest BCUT2D eigenvalue weighted by molar-refractivity contribution is 0.400. The fourth-order valence-electron chi connectivity index (χ4n) is 2.25. The second kappa shape index (κ2) is 7.07. The first-order valence-corrected chi connectivity index (χ1v) is 7.32. The third-order valence-corrected chi connectivity index (χ3v) is 3.49. The summed E-state index contributed by atoms with van der Waals surface area (Å²) in [6.45, 7) is 7.98. The highest BCUT2D eigenvalue weighted by Gasteiger charge is 2.16. The van der Waals surface area contributed by atoms with E-state index in [0.717, 1.165) is 6.42 Å². The van der Waals surface area contributed by atoms with Crippen LogP contribution in [0.4, 0.5) is 4.39 Å². The number of rotatable bonds is 4. The molecule has 116 valence electrons. The van der Waals surface area contributed by atoms with E-state index < -0.39 is 0 Å². The topological polar surface area (TPSA) is 44.6 Å². The van der Waals surface area contributed by atoms with E-state index in [9.17, 15) is 9.50 Å². The summed E-state index contributed by atoms with van der Waals surface area (Å²) in [7, 11) is 0. The smallest absolute Gasteiger partial charge is 0.134 e. The highest BCUT2D eigenvalue weighted by atomic mass is 19.1. The molecule has 2 N–H and O–H groups in total. The van der Waals surface area contributed by atoms with E-state index in [1.165, 1.54) is 6.08 Å². The fourth-order valence-corrected chi connectivity index (χ4v) is 2.25. The number of aliphatic imine (C=N–C) groups is 1. The Bertz CT molecular complexity index is 648. The van der Waals surface area contributed by atoms with Gasteiger partial charge in [-0.1, -0.05) is 25.7 Å². The van der Waals surface area contributed by atoms with E-state index in [-0.39, 0.29) is 18.1 Å². The van der Waals surface area contributed by atoms with Crippen molar-refractivity contribution in [2.45, 2.75) is 20.3 Å². The van der Waals surface area contributed by atoms with Gasteiger partial charge in [0.15, 0.2) is 0 Å². The molecule has 2 rings (SSSR count). The fraction of sp³-hybridized carbons (Fsp3) is 0.278. The molecule has 1 atom stereocenters. The van der Waals surface area contributed by atoms with Crippen molar-refractivity contribution in [1.29, 1.82) is 0 Å². The lowest BCUT2D eigenvalue weighted by Gasteiger charge is -2.19. The molecular weight excluding hydrogens is 279 g/mol. The van der Waals surface area contributed by atoms with Crippen molar-refractivity contribution in [2.24, 2.45) is 10.9 Å². The summed E-state index contributed by atoms with van der Waals surface area (Å²) in [6.07, 6.45) is 11.1. The van der Waals surface area contributed by atoms with Crippen LogP contribution in [0.2, 0.25) is 0 Å². The maximum atomic E-state index is 14.0. The molecule has 0 amide bonds. The summed E-state index contributed by atoms with van der Waals surface area (Å²) in [5.41, 5.74) is 2.32. The Balaban J connectivity index is 2.10. The predicted octanol–water partition coefficient (Wildman–Crippen LogP) is 4.27. The Kier molecular flexibility index (Phi) is 5.15. The molecule has 0 saturated carbocycles. The molecular formula is C18H21FN2O. The zero-order valence-corrected chi connectivity index (χ0v) is 12.9. The van der Waals surface area contributed by atoms with Crippen LogP contribution < -0.4 is 5.32 Å². The molecule has 3 nitrogen and oxygen atoms in total. The van der Waals surface area contributed by atoms with Gasteiger partial charge in [0.05, 0.1) is 11.4 Å². The summed E-state index contributed by atoms with van der Waals surface area (Å²) in [5, 5.41) is 13.0. The Morgan fingerprint density at radius 3 is 2.95 bits per heavy atom. The van der Waals surface area contributed by atoms with Gasteiger partial charge < -0.3 is 10.4 Å². The summed E-state index contributed by atoms with van der Waals surface area (Å²) in [4.78, 5) is 4.23. The van der Waals surface area contributed by atoms with Crippen LogP contribution in [0.5, 0.6) is 0 Å². The van der Waals surface area contributed by atoms with Crippen LogP contribution >= 0.6 is 0 Å². The Morgan fingerprint density at radius 1 is 1.50 bits per heavy atom. The normalized spacial score (nSPS) is 24.0. The number of aliphatic hydroxyl groups excluding tert-OH is 1. The van der Waals surface area contributed by atoms with Gasteiger partial charge in [-0.2, -0.15) is 0 Å². The average molecular weight is 300 g/mol. The SMILES string of the molecule is C=C1C=C(F)C(CNC2=CCC(C)C=C2O)=CC1=N/C=C\C. The van der Waals surface area contributed by atoms with E-state index in [1.54, 1.807) is 24.4 Å². The Labute approximate surface area is 130 Å². The van der Waals surface area contributed by atoms with Gasteiger partial charge in [0.25, 0.3) is 0 Å². The maximum absolute atomic E-state index is 14.0. The number of nitrogens with zero attached hydrogens (tertiary/aromatic N) is 1. The van der Waals surface area contributed by atoms with Crippen molar-refractivity contribution in [3.63, 3.8) is 0 Å². The van der Waals surface area contributed by atoms with Crippen LogP contribution in [0.25, 0.3) is 0 Å². The minimum absolute atomic E-state index is 0.215. The van der Waals surface area contributed by atoms with E-state index in [2.05, 4.69) is 16.9 Å². The number of aliphatic hydroxyl groups is 1. The number of allylic oxidation sites excluding steroid dienone is 6. The largest absolute Gasteiger partial charge is 0.506 e. The Morgan fingerprint density at radius 2 is 2.27 bits per heavy atom. The summed E-state index contributed by atoms with van der Waals surface area (Å²) >= 11 is 0. The second-order valence-electron chi connectivity index (χ2n) is 5.42. The van der Waals surface area contributed by atoms with Gasteiger partial charge in [0, 0.05) is 18.3 Å². The van der Waals surface area contributed by atoms with Gasteiger partial charge in [-0.25, -0.2) is 4.39 Å². The molecule has 0 spiro atoms. The van der Waals surface area contributed by atoms with Crippen molar-refractivity contribution in [1.82, 2.24) is 5.32 Å². The van der Waals surface area contributed by atoms with Crippen LogP contribution in [0.3, 0.4) is 0 Å². The van der Waals surface area contributed by atoms with Crippen LogP contribution in [-0.4, -0.2) is 17.4 Å². The summed E-state index contributed by atoms with van der Waals surface area (Å²) in [5.74, 6) is 0.205. The quantitative estimate of drug-likeness (QED) is 0.814. The molecule has 0 aromatic carbocycles. The van der Waals surface area contributed by atoms with Crippen molar-refractivity contribution in [3.05, 3.63) is 71.6 Å². The first-order valence-electron chi connectivity index (χ1n) is 7.32. The molecule has 0 heterocycles. The van der Waals surface area contributed by atoms with Crippen LogP contribution in [-0.2, 0) is 0 Å². The van der Waals surface area contributed by atoms with Crippen LogP contribution in [0.1, 0.15) is 20.3 Å². The molecule has 0 saturated heterocycles. The van der Waals surface area contributed by atoms with Crippen molar-refractivity contribution < 1.29 is 9.50 Å². The molecule has 0 bridgehead atoms. The summed E-state index contributed by atoms with van der Waals surface area (Å²) < 4.78 is 14.0. The molecule has 0 aromatic rings. The number of halogens is 1. The lowest BCUT2D eigenvalue weighted by Crippen LogP contribution is -2.22. The first kappa shape index (κ1) is 16.0. The van der Waals surface area contributed by atoms with E-state index in [0.29, 0.717) is 28.5 Å². The second-order valence-corrected chi connectivity index (χ2v) is 5.42. The molecule has 1 unspecified atom stereocenters. The van der Waals surface area contributed by atoms with Gasteiger partial charge in [-0.3, -0.25) is 4.99 Å². The molecule has 0 aromatic heterocycles. The van der Waals surface area contributed by atoms with Crippen molar-refractivity contribution in [2.75, 3.05) is 6.54 Å². The van der Waals surface area contributed by atoms with Gasteiger partial charge in [-0.15, -0.1) is 0 Å². The van der Waals surface area contributed by atoms with E-state index >= 15 is 0 Å². The van der Waals surface area contributed by atoms with E-state index in [1.807, 2.05) is 19.9 Å². The minimum atomic E-state index is -0.329. The van der Waals surface area contributed by atoms with Gasteiger partial charge >= 0.3 is 0 Å². The van der Waals surface area contributed by atoms with Gasteiger partial charge in [-0.05, 0) is 43.1 Å². The summed E-state index contributed by atoms with van der Waals surface area (Å²) in [6, 6.07) is 0. The molecule has 0 radical (unpaired) electrons. The zero-order valence-electron chi connectivity index (χ0n) is 12.9. The minimum Gasteiger partial charge on any atom is -0.506 e. The molecule has 2 aliphatic rings. The highest BCUT2D eigenvalue weighted by molar-refractivity contribution is 6.12. The number of hydrogen-bond acceptors (Lipinski definition) is 3. The molecule has 22 heavy (non-hydrogen) atoms. The predicted molar refractivity (Wildman–Crippen MR) is 89.2 cm³/mol. The third kappa shape index (κ3) is 3.85. The van der Waals surface area contributed by atoms with E-state index in [4.69, 9.17) is 0 Å². The molecule has 0 fully saturated rings. The molecule has 2 aliphatic carbocycles. The third-order valence-electron chi connectivity index (χ3n) is 3.49. The molecule has 0 aliphatic heterocycles. The average Bonchev–Trinajstić information content (AvgIpc) is 2.47. The van der Waals surface area contributed by atoms with Crippen molar-refractivity contribution >= 4 is 5.71 Å². The lowest BCUT2D eigenvalue weighted by atomic mass is 9.98. The Hall–Kier alpha value is -2.36. The maximum Gasteiger partial charge on any atom is 0.134 e. The zero-order chi connectivity index (χ0) is 16.1. The van der Waals surface area contributed by atoms with Gasteiger partial charge in [0.2, 0.25) is 0 Å². The van der Waals surface area contributed by atoms with Crippen LogP contribution in [0, 0.1) is 5.92 Å². The van der Waals surface area contributed by atoms with Crippen LogP contribution in [0.15, 0.2) is 76.6 Å². The number of hydrogen-bond donors (Lipinski definition) is 2. The van der Waals surface area contributed by atoms with Crippen molar-refractivity contribution in [3.8, 4) is 0 Å². The highest BCUT2D eigenvalue weighted by Crippen LogP contribution is 2.23. The molecule has 4 heteroatoms.